The third kappa shape index (κ3) is 2.70. The Labute approximate surface area is 121 Å². The lowest BCUT2D eigenvalue weighted by Gasteiger charge is -2.31. The Morgan fingerprint density at radius 2 is 1.70 bits per heavy atom. The molecule has 0 amide bonds. The molecule has 0 heterocycles. The summed E-state index contributed by atoms with van der Waals surface area (Å²) in [4.78, 5) is 0. The molecule has 0 aromatic heterocycles. The van der Waals surface area contributed by atoms with Gasteiger partial charge in [0.05, 0.1) is 13.2 Å². The first-order valence-electron chi connectivity index (χ1n) is 6.85. The van der Waals surface area contributed by atoms with Crippen molar-refractivity contribution in [1.29, 1.82) is 0 Å². The van der Waals surface area contributed by atoms with Crippen LogP contribution in [0.5, 0.6) is 5.75 Å². The van der Waals surface area contributed by atoms with Crippen LogP contribution in [0.1, 0.15) is 36.6 Å². The van der Waals surface area contributed by atoms with Crippen molar-refractivity contribution in [2.75, 3.05) is 7.11 Å². The molecular formula is C18H22O2. The molecule has 1 N–H and O–H groups in total. The van der Waals surface area contributed by atoms with Crippen molar-refractivity contribution >= 4 is 0 Å². The number of hydrogen-bond donors (Lipinski definition) is 1. The highest BCUT2D eigenvalue weighted by Crippen LogP contribution is 2.37. The summed E-state index contributed by atoms with van der Waals surface area (Å²) in [6, 6.07) is 15.9. The van der Waals surface area contributed by atoms with Crippen LogP contribution in [0.3, 0.4) is 0 Å². The van der Waals surface area contributed by atoms with E-state index in [2.05, 4.69) is 26.0 Å². The second-order valence-electron chi connectivity index (χ2n) is 5.72. The van der Waals surface area contributed by atoms with E-state index in [9.17, 15) is 5.11 Å². The van der Waals surface area contributed by atoms with Crippen LogP contribution in [0.25, 0.3) is 0 Å². The van der Waals surface area contributed by atoms with Crippen LogP contribution < -0.4 is 4.74 Å². The van der Waals surface area contributed by atoms with Crippen molar-refractivity contribution < 1.29 is 9.84 Å². The molecule has 0 aliphatic rings. The van der Waals surface area contributed by atoms with Crippen LogP contribution in [0.15, 0.2) is 48.5 Å². The molecule has 0 bridgehead atoms. The van der Waals surface area contributed by atoms with Gasteiger partial charge in [0.2, 0.25) is 0 Å². The number of methoxy groups -OCH3 is 1. The van der Waals surface area contributed by atoms with Gasteiger partial charge in [0, 0.05) is 5.41 Å². The highest BCUT2D eigenvalue weighted by atomic mass is 16.5. The van der Waals surface area contributed by atoms with Crippen molar-refractivity contribution in [3.05, 3.63) is 65.2 Å². The molecule has 0 spiro atoms. The van der Waals surface area contributed by atoms with Gasteiger partial charge in [-0.25, -0.2) is 0 Å². The molecule has 0 radical (unpaired) electrons. The third-order valence-corrected chi connectivity index (χ3v) is 3.94. The predicted molar refractivity (Wildman–Crippen MR) is 82.2 cm³/mol. The van der Waals surface area contributed by atoms with Gasteiger partial charge in [-0.1, -0.05) is 50.2 Å². The van der Waals surface area contributed by atoms with Crippen LogP contribution in [0.4, 0.5) is 0 Å². The Morgan fingerprint density at radius 3 is 2.25 bits per heavy atom. The van der Waals surface area contributed by atoms with E-state index in [1.54, 1.807) is 7.11 Å². The van der Waals surface area contributed by atoms with E-state index in [1.807, 2.05) is 43.3 Å². The summed E-state index contributed by atoms with van der Waals surface area (Å²) >= 11 is 0. The molecule has 106 valence electrons. The minimum absolute atomic E-state index is 0.345. The molecule has 1 unspecified atom stereocenters. The lowest BCUT2D eigenvalue weighted by molar-refractivity contribution is 0.100. The SMILES string of the molecule is COc1ccc(C(O)C(C)(C)c2ccccc2)cc1C. The Kier molecular flexibility index (Phi) is 4.15. The number of aliphatic hydroxyl groups is 1. The van der Waals surface area contributed by atoms with Crippen LogP contribution >= 0.6 is 0 Å². The van der Waals surface area contributed by atoms with Crippen molar-refractivity contribution in [2.24, 2.45) is 0 Å². The fourth-order valence-corrected chi connectivity index (χ4v) is 2.51. The number of aryl methyl sites for hydroxylation is 1. The van der Waals surface area contributed by atoms with Crippen molar-refractivity contribution in [1.82, 2.24) is 0 Å². The minimum Gasteiger partial charge on any atom is -0.496 e. The first kappa shape index (κ1) is 14.6. The van der Waals surface area contributed by atoms with E-state index in [-0.39, 0.29) is 5.41 Å². The molecule has 2 heteroatoms. The summed E-state index contributed by atoms with van der Waals surface area (Å²) < 4.78 is 5.27. The minimum atomic E-state index is -0.561. The van der Waals surface area contributed by atoms with Crippen LogP contribution in [0.2, 0.25) is 0 Å². The van der Waals surface area contributed by atoms with E-state index in [0.29, 0.717) is 0 Å². The highest BCUT2D eigenvalue weighted by Gasteiger charge is 2.31. The van der Waals surface area contributed by atoms with Crippen LogP contribution in [-0.4, -0.2) is 12.2 Å². The summed E-state index contributed by atoms with van der Waals surface area (Å²) in [6.45, 7) is 6.11. The summed E-state index contributed by atoms with van der Waals surface area (Å²) in [5, 5.41) is 10.7. The van der Waals surface area contributed by atoms with E-state index < -0.39 is 6.10 Å². The first-order valence-corrected chi connectivity index (χ1v) is 6.85. The van der Waals surface area contributed by atoms with Crippen molar-refractivity contribution in [3.63, 3.8) is 0 Å². The summed E-state index contributed by atoms with van der Waals surface area (Å²) in [5.41, 5.74) is 2.73. The zero-order valence-corrected chi connectivity index (χ0v) is 12.6. The molecule has 0 aliphatic heterocycles. The fraction of sp³-hybridized carbons (Fsp3) is 0.333. The van der Waals surface area contributed by atoms with E-state index in [4.69, 9.17) is 4.74 Å². The van der Waals surface area contributed by atoms with Crippen molar-refractivity contribution in [2.45, 2.75) is 32.3 Å². The quantitative estimate of drug-likeness (QED) is 0.909. The zero-order chi connectivity index (χ0) is 14.8. The number of aliphatic hydroxyl groups excluding tert-OH is 1. The van der Waals surface area contributed by atoms with Crippen LogP contribution in [0, 0.1) is 6.92 Å². The topological polar surface area (TPSA) is 29.5 Å². The lowest BCUT2D eigenvalue weighted by Crippen LogP contribution is -2.26. The van der Waals surface area contributed by atoms with Gasteiger partial charge in [-0.2, -0.15) is 0 Å². The number of ether oxygens (including phenoxy) is 1. The number of hydrogen-bond acceptors (Lipinski definition) is 2. The highest BCUT2D eigenvalue weighted by molar-refractivity contribution is 5.39. The zero-order valence-electron chi connectivity index (χ0n) is 12.6. The van der Waals surface area contributed by atoms with Crippen LogP contribution in [-0.2, 0) is 5.41 Å². The molecule has 0 aliphatic carbocycles. The maximum atomic E-state index is 10.7. The summed E-state index contributed by atoms with van der Waals surface area (Å²) in [5.74, 6) is 0.846. The Balaban J connectivity index is 2.35. The van der Waals surface area contributed by atoms with E-state index in [1.165, 1.54) is 0 Å². The third-order valence-electron chi connectivity index (χ3n) is 3.94. The molecule has 2 rings (SSSR count). The molecule has 2 aromatic carbocycles. The van der Waals surface area contributed by atoms with Gasteiger partial charge in [-0.05, 0) is 35.7 Å². The lowest BCUT2D eigenvalue weighted by atomic mass is 9.76. The smallest absolute Gasteiger partial charge is 0.121 e. The molecule has 0 saturated carbocycles. The molecule has 0 fully saturated rings. The van der Waals surface area contributed by atoms with E-state index in [0.717, 1.165) is 22.4 Å². The summed E-state index contributed by atoms with van der Waals surface area (Å²) in [7, 11) is 1.66. The van der Waals surface area contributed by atoms with Gasteiger partial charge >= 0.3 is 0 Å². The monoisotopic (exact) mass is 270 g/mol. The number of benzene rings is 2. The molecule has 2 nitrogen and oxygen atoms in total. The van der Waals surface area contributed by atoms with Gasteiger partial charge in [-0.15, -0.1) is 0 Å². The maximum absolute atomic E-state index is 10.7. The van der Waals surface area contributed by atoms with Gasteiger partial charge in [-0.3, -0.25) is 0 Å². The first-order chi connectivity index (χ1) is 9.46. The van der Waals surface area contributed by atoms with Gasteiger partial charge in [0.15, 0.2) is 0 Å². The fourth-order valence-electron chi connectivity index (χ4n) is 2.51. The summed E-state index contributed by atoms with van der Waals surface area (Å²) in [6.07, 6.45) is -0.561. The van der Waals surface area contributed by atoms with Gasteiger partial charge in [0.25, 0.3) is 0 Å². The molecule has 20 heavy (non-hydrogen) atoms. The predicted octanol–water partition coefficient (Wildman–Crippen LogP) is 4.01. The second-order valence-corrected chi connectivity index (χ2v) is 5.72. The number of rotatable bonds is 4. The normalized spacial score (nSPS) is 13.1. The molecule has 2 aromatic rings. The van der Waals surface area contributed by atoms with E-state index >= 15 is 0 Å². The van der Waals surface area contributed by atoms with Gasteiger partial charge < -0.3 is 9.84 Å². The average molecular weight is 270 g/mol. The second kappa shape index (κ2) is 5.68. The van der Waals surface area contributed by atoms with Gasteiger partial charge in [0.1, 0.15) is 5.75 Å². The average Bonchev–Trinajstić information content (AvgIpc) is 2.47. The standard InChI is InChI=1S/C18H22O2/c1-13-12-14(10-11-16(13)20-4)17(19)18(2,3)15-8-6-5-7-9-15/h5-12,17,19H,1-4H3. The Morgan fingerprint density at radius 1 is 1.05 bits per heavy atom. The Hall–Kier alpha value is -1.80. The molecule has 1 atom stereocenters. The maximum Gasteiger partial charge on any atom is 0.121 e. The Bertz CT molecular complexity index is 573. The molecular weight excluding hydrogens is 248 g/mol. The largest absolute Gasteiger partial charge is 0.496 e. The molecule has 0 saturated heterocycles. The van der Waals surface area contributed by atoms with Crippen molar-refractivity contribution in [3.8, 4) is 5.75 Å².